The molecule has 0 saturated carbocycles. The van der Waals surface area contributed by atoms with Crippen LogP contribution in [0.2, 0.25) is 0 Å². The van der Waals surface area contributed by atoms with E-state index >= 15 is 0 Å². The van der Waals surface area contributed by atoms with Gasteiger partial charge < -0.3 is 4.74 Å². The van der Waals surface area contributed by atoms with Crippen molar-refractivity contribution in [1.29, 1.82) is 5.26 Å². The van der Waals surface area contributed by atoms with Crippen molar-refractivity contribution in [3.05, 3.63) is 62.7 Å². The quantitative estimate of drug-likeness (QED) is 0.455. The second-order valence-electron chi connectivity index (χ2n) is 6.96. The molecule has 0 aliphatic heterocycles. The van der Waals surface area contributed by atoms with Crippen LogP contribution in [0.25, 0.3) is 10.4 Å². The molecule has 2 aromatic heterocycles. The van der Waals surface area contributed by atoms with Gasteiger partial charge in [0.25, 0.3) is 0 Å². The third kappa shape index (κ3) is 4.17. The molecule has 0 spiro atoms. The van der Waals surface area contributed by atoms with Crippen LogP contribution in [-0.4, -0.2) is 0 Å². The van der Waals surface area contributed by atoms with Crippen molar-refractivity contribution >= 4 is 22.7 Å². The first-order valence-electron chi connectivity index (χ1n) is 8.79. The van der Waals surface area contributed by atoms with Crippen molar-refractivity contribution in [3.8, 4) is 22.3 Å². The lowest BCUT2D eigenvalue weighted by Gasteiger charge is -2.21. The molecule has 0 radical (unpaired) electrons. The normalized spacial score (nSPS) is 12.2. The van der Waals surface area contributed by atoms with Gasteiger partial charge in [-0.05, 0) is 78.6 Å². The number of hydrogen-bond donors (Lipinski definition) is 0. The Morgan fingerprint density at radius 3 is 2.38 bits per heavy atom. The molecule has 0 bridgehead atoms. The summed E-state index contributed by atoms with van der Waals surface area (Å²) in [4.78, 5) is 3.16. The SMILES string of the molecule is Cc1cc(OC(CC(C)C)c2cccs2)cc(C)c1-c1ccc(C#N)s1. The molecular formula is C22H23NOS2. The van der Waals surface area contributed by atoms with E-state index in [0.29, 0.717) is 5.92 Å². The third-order valence-electron chi connectivity index (χ3n) is 4.29. The lowest BCUT2D eigenvalue weighted by Crippen LogP contribution is -2.09. The predicted molar refractivity (Wildman–Crippen MR) is 111 cm³/mol. The van der Waals surface area contributed by atoms with E-state index in [1.54, 1.807) is 22.7 Å². The molecule has 0 fully saturated rings. The first-order chi connectivity index (χ1) is 12.5. The second kappa shape index (κ2) is 8.07. The van der Waals surface area contributed by atoms with E-state index in [4.69, 9.17) is 10.00 Å². The van der Waals surface area contributed by atoms with Crippen molar-refractivity contribution in [1.82, 2.24) is 0 Å². The number of nitrogens with zero attached hydrogens (tertiary/aromatic N) is 1. The number of rotatable bonds is 6. The van der Waals surface area contributed by atoms with Gasteiger partial charge in [0.2, 0.25) is 0 Å². The molecule has 1 aromatic carbocycles. The average molecular weight is 382 g/mol. The van der Waals surface area contributed by atoms with Gasteiger partial charge in [0.1, 0.15) is 22.8 Å². The summed E-state index contributed by atoms with van der Waals surface area (Å²) in [6.07, 6.45) is 1.09. The van der Waals surface area contributed by atoms with Gasteiger partial charge in [0.05, 0.1) is 0 Å². The summed E-state index contributed by atoms with van der Waals surface area (Å²) >= 11 is 3.29. The Morgan fingerprint density at radius 1 is 1.12 bits per heavy atom. The highest BCUT2D eigenvalue weighted by molar-refractivity contribution is 7.16. The molecule has 2 nitrogen and oxygen atoms in total. The average Bonchev–Trinajstić information content (AvgIpc) is 3.25. The van der Waals surface area contributed by atoms with E-state index in [2.05, 4.69) is 63.4 Å². The van der Waals surface area contributed by atoms with Gasteiger partial charge in [0.15, 0.2) is 0 Å². The fourth-order valence-electron chi connectivity index (χ4n) is 3.20. The predicted octanol–water partition coefficient (Wildman–Crippen LogP) is 7.13. The van der Waals surface area contributed by atoms with E-state index in [9.17, 15) is 0 Å². The van der Waals surface area contributed by atoms with Crippen molar-refractivity contribution in [2.24, 2.45) is 5.92 Å². The van der Waals surface area contributed by atoms with Crippen molar-refractivity contribution in [2.75, 3.05) is 0 Å². The summed E-state index contributed by atoms with van der Waals surface area (Å²) in [6, 6.07) is 14.6. The van der Waals surface area contributed by atoms with E-state index < -0.39 is 0 Å². The fourth-order valence-corrected chi connectivity index (χ4v) is 4.95. The van der Waals surface area contributed by atoms with E-state index in [0.717, 1.165) is 21.9 Å². The topological polar surface area (TPSA) is 33.0 Å². The van der Waals surface area contributed by atoms with Crippen molar-refractivity contribution in [3.63, 3.8) is 0 Å². The Bertz CT molecular complexity index is 893. The van der Waals surface area contributed by atoms with E-state index in [1.165, 1.54) is 21.6 Å². The van der Waals surface area contributed by atoms with Crippen LogP contribution in [0.5, 0.6) is 5.75 Å². The lowest BCUT2D eigenvalue weighted by molar-refractivity contribution is 0.181. The molecule has 134 valence electrons. The number of aryl methyl sites for hydroxylation is 2. The maximum Gasteiger partial charge on any atom is 0.133 e. The maximum absolute atomic E-state index is 9.08. The van der Waals surface area contributed by atoms with Crippen molar-refractivity contribution < 1.29 is 4.74 Å². The van der Waals surface area contributed by atoms with Crippen LogP contribution in [0.15, 0.2) is 41.8 Å². The molecule has 0 saturated heterocycles. The summed E-state index contributed by atoms with van der Waals surface area (Å²) in [7, 11) is 0. The summed E-state index contributed by atoms with van der Waals surface area (Å²) in [6.45, 7) is 8.69. The van der Waals surface area contributed by atoms with Crippen LogP contribution in [-0.2, 0) is 0 Å². The van der Waals surface area contributed by atoms with Gasteiger partial charge in [0, 0.05) is 9.75 Å². The van der Waals surface area contributed by atoms with Crippen LogP contribution in [0.1, 0.15) is 47.3 Å². The minimum Gasteiger partial charge on any atom is -0.485 e. The Balaban J connectivity index is 1.90. The second-order valence-corrected chi connectivity index (χ2v) is 9.02. The highest BCUT2D eigenvalue weighted by atomic mass is 32.1. The number of benzene rings is 1. The zero-order valence-corrected chi connectivity index (χ0v) is 17.2. The number of thiophene rings is 2. The van der Waals surface area contributed by atoms with Crippen LogP contribution >= 0.6 is 22.7 Å². The van der Waals surface area contributed by atoms with Crippen LogP contribution in [0.3, 0.4) is 0 Å². The standard InChI is InChI=1S/C22H23NOS2/c1-14(2)10-19(20-6-5-9-25-20)24-17-11-15(3)22(16(4)12-17)21-8-7-18(13-23)26-21/h5-9,11-12,14,19H,10H2,1-4H3. The van der Waals surface area contributed by atoms with Gasteiger partial charge in [-0.3, -0.25) is 0 Å². The molecule has 0 amide bonds. The number of nitriles is 1. The monoisotopic (exact) mass is 381 g/mol. The maximum atomic E-state index is 9.08. The van der Waals surface area contributed by atoms with Crippen molar-refractivity contribution in [2.45, 2.75) is 40.2 Å². The minimum atomic E-state index is 0.0894. The highest BCUT2D eigenvalue weighted by Crippen LogP contribution is 2.37. The molecule has 2 heterocycles. The first kappa shape index (κ1) is 18.7. The van der Waals surface area contributed by atoms with Gasteiger partial charge >= 0.3 is 0 Å². The van der Waals surface area contributed by atoms with E-state index in [1.807, 2.05) is 12.1 Å². The smallest absolute Gasteiger partial charge is 0.133 e. The number of ether oxygens (including phenoxy) is 1. The number of hydrogen-bond acceptors (Lipinski definition) is 4. The molecule has 4 heteroatoms. The van der Waals surface area contributed by atoms with Gasteiger partial charge in [-0.2, -0.15) is 5.26 Å². The molecule has 0 aliphatic carbocycles. The van der Waals surface area contributed by atoms with Gasteiger partial charge in [-0.15, -0.1) is 22.7 Å². The Labute approximate surface area is 163 Å². The fraction of sp³-hybridized carbons (Fsp3) is 0.318. The highest BCUT2D eigenvalue weighted by Gasteiger charge is 2.18. The largest absolute Gasteiger partial charge is 0.485 e. The summed E-state index contributed by atoms with van der Waals surface area (Å²) in [5.74, 6) is 1.49. The molecule has 3 aromatic rings. The summed E-state index contributed by atoms with van der Waals surface area (Å²) in [5.41, 5.74) is 3.57. The van der Waals surface area contributed by atoms with Crippen LogP contribution < -0.4 is 4.74 Å². The van der Waals surface area contributed by atoms with Crippen LogP contribution in [0.4, 0.5) is 0 Å². The lowest BCUT2D eigenvalue weighted by atomic mass is 10.0. The van der Waals surface area contributed by atoms with Crippen LogP contribution in [0, 0.1) is 31.1 Å². The molecule has 1 atom stereocenters. The Kier molecular flexibility index (Phi) is 5.80. The molecule has 1 unspecified atom stereocenters. The van der Waals surface area contributed by atoms with E-state index in [-0.39, 0.29) is 6.10 Å². The third-order valence-corrected chi connectivity index (χ3v) is 6.26. The summed E-state index contributed by atoms with van der Waals surface area (Å²) in [5, 5.41) is 11.2. The molecule has 3 rings (SSSR count). The molecular weight excluding hydrogens is 358 g/mol. The van der Waals surface area contributed by atoms with Gasteiger partial charge in [-0.25, -0.2) is 0 Å². The zero-order valence-electron chi connectivity index (χ0n) is 15.6. The molecule has 0 N–H and O–H groups in total. The molecule has 0 aliphatic rings. The Hall–Kier alpha value is -2.09. The zero-order chi connectivity index (χ0) is 18.7. The van der Waals surface area contributed by atoms with Gasteiger partial charge in [-0.1, -0.05) is 19.9 Å². The summed E-state index contributed by atoms with van der Waals surface area (Å²) < 4.78 is 6.41. The Morgan fingerprint density at radius 2 is 1.85 bits per heavy atom. The first-order valence-corrected chi connectivity index (χ1v) is 10.5. The molecule has 26 heavy (non-hydrogen) atoms. The minimum absolute atomic E-state index is 0.0894.